The van der Waals surface area contributed by atoms with E-state index in [-0.39, 0.29) is 18.9 Å². The number of aromatic amines is 1. The summed E-state index contributed by atoms with van der Waals surface area (Å²) in [6.07, 6.45) is 3.65. The normalized spacial score (nSPS) is 10.4. The third-order valence-electron chi connectivity index (χ3n) is 2.84. The van der Waals surface area contributed by atoms with E-state index >= 15 is 0 Å². The average molecular weight is 328 g/mol. The van der Waals surface area contributed by atoms with Crippen molar-refractivity contribution in [1.82, 2.24) is 14.9 Å². The van der Waals surface area contributed by atoms with Crippen molar-refractivity contribution in [3.63, 3.8) is 0 Å². The third-order valence-corrected chi connectivity index (χ3v) is 3.58. The molecule has 1 N–H and O–H groups in total. The van der Waals surface area contributed by atoms with Crippen LogP contribution in [0.25, 0.3) is 0 Å². The lowest BCUT2D eigenvalue weighted by atomic mass is 10.3. The Morgan fingerprint density at radius 2 is 2.19 bits per heavy atom. The Hall–Kier alpha value is -1.72. The molecule has 1 amide bonds. The molecule has 0 aliphatic heterocycles. The summed E-state index contributed by atoms with van der Waals surface area (Å²) in [5.74, 6) is 1.31. The minimum absolute atomic E-state index is 0.0218. The van der Waals surface area contributed by atoms with Crippen LogP contribution in [0.3, 0.4) is 0 Å². The van der Waals surface area contributed by atoms with Crippen LogP contribution >= 0.6 is 23.2 Å². The van der Waals surface area contributed by atoms with E-state index in [1.165, 1.54) is 0 Å². The molecule has 0 atom stereocenters. The summed E-state index contributed by atoms with van der Waals surface area (Å²) in [5.41, 5.74) is 0. The molecule has 1 aromatic carbocycles. The maximum atomic E-state index is 11.9. The number of aromatic nitrogens is 2. The minimum Gasteiger partial charge on any atom is -0.493 e. The number of hydrogen-bond acceptors (Lipinski definition) is 3. The summed E-state index contributed by atoms with van der Waals surface area (Å²) in [6, 6.07) is 5.00. The van der Waals surface area contributed by atoms with Gasteiger partial charge in [-0.05, 0) is 12.1 Å². The second-order valence-electron chi connectivity index (χ2n) is 4.46. The minimum atomic E-state index is -0.0218. The number of nitrogens with one attached hydrogen (secondary N) is 1. The fraction of sp³-hybridized carbons (Fsp3) is 0.286. The van der Waals surface area contributed by atoms with E-state index in [0.717, 1.165) is 5.82 Å². The van der Waals surface area contributed by atoms with Gasteiger partial charge in [-0.3, -0.25) is 4.79 Å². The van der Waals surface area contributed by atoms with Crippen LogP contribution in [0, 0.1) is 0 Å². The number of ether oxygens (including phenoxy) is 1. The highest BCUT2D eigenvalue weighted by Gasteiger charge is 2.10. The van der Waals surface area contributed by atoms with E-state index in [9.17, 15) is 4.79 Å². The van der Waals surface area contributed by atoms with Crippen molar-refractivity contribution in [3.05, 3.63) is 46.5 Å². The Morgan fingerprint density at radius 3 is 2.86 bits per heavy atom. The lowest BCUT2D eigenvalue weighted by Gasteiger charge is -2.16. The number of imidazole rings is 1. The van der Waals surface area contributed by atoms with Crippen molar-refractivity contribution in [2.45, 2.75) is 13.0 Å². The molecule has 21 heavy (non-hydrogen) atoms. The molecule has 112 valence electrons. The van der Waals surface area contributed by atoms with Gasteiger partial charge in [0.15, 0.2) is 0 Å². The average Bonchev–Trinajstić information content (AvgIpc) is 2.95. The van der Waals surface area contributed by atoms with Crippen LogP contribution in [-0.4, -0.2) is 34.4 Å². The van der Waals surface area contributed by atoms with Crippen molar-refractivity contribution in [2.24, 2.45) is 0 Å². The summed E-state index contributed by atoms with van der Waals surface area (Å²) >= 11 is 11.7. The van der Waals surface area contributed by atoms with Crippen LogP contribution in [0.5, 0.6) is 5.75 Å². The number of H-pyrrole nitrogens is 1. The van der Waals surface area contributed by atoms with E-state index < -0.39 is 0 Å². The van der Waals surface area contributed by atoms with Crippen LogP contribution in [0.15, 0.2) is 30.6 Å². The Labute approximate surface area is 132 Å². The van der Waals surface area contributed by atoms with Gasteiger partial charge in [0.1, 0.15) is 11.6 Å². The highest BCUT2D eigenvalue weighted by Crippen LogP contribution is 2.26. The lowest BCUT2D eigenvalue weighted by molar-refractivity contribution is -0.131. The predicted octanol–water partition coefficient (Wildman–Crippen LogP) is 3.14. The molecule has 0 aliphatic rings. The Kier molecular flexibility index (Phi) is 5.47. The molecule has 1 aromatic heterocycles. The second kappa shape index (κ2) is 7.33. The molecule has 7 heteroatoms. The van der Waals surface area contributed by atoms with Crippen molar-refractivity contribution in [1.29, 1.82) is 0 Å². The van der Waals surface area contributed by atoms with Gasteiger partial charge in [0, 0.05) is 25.5 Å². The van der Waals surface area contributed by atoms with Crippen LogP contribution in [0.1, 0.15) is 12.2 Å². The van der Waals surface area contributed by atoms with Crippen molar-refractivity contribution in [3.8, 4) is 5.75 Å². The number of amides is 1. The zero-order valence-corrected chi connectivity index (χ0v) is 13.0. The number of rotatable bonds is 6. The predicted molar refractivity (Wildman–Crippen MR) is 81.6 cm³/mol. The zero-order chi connectivity index (χ0) is 15.2. The van der Waals surface area contributed by atoms with Crippen molar-refractivity contribution < 1.29 is 9.53 Å². The first kappa shape index (κ1) is 15.7. The van der Waals surface area contributed by atoms with Gasteiger partial charge < -0.3 is 14.6 Å². The highest BCUT2D eigenvalue weighted by atomic mass is 35.5. The van der Waals surface area contributed by atoms with Gasteiger partial charge in [-0.2, -0.15) is 0 Å². The molecular formula is C14H15Cl2N3O2. The number of nitrogens with zero attached hydrogens (tertiary/aromatic N) is 2. The van der Waals surface area contributed by atoms with Crippen LogP contribution in [-0.2, 0) is 11.3 Å². The van der Waals surface area contributed by atoms with E-state index in [0.29, 0.717) is 22.3 Å². The fourth-order valence-corrected chi connectivity index (χ4v) is 2.00. The standard InChI is InChI=1S/C14H15Cl2N3O2/c1-19(9-13-17-5-6-18-13)14(20)4-7-21-10-2-3-11(15)12(16)8-10/h2-3,5-6,8H,4,7,9H2,1H3,(H,17,18). The Morgan fingerprint density at radius 1 is 1.38 bits per heavy atom. The molecule has 5 nitrogen and oxygen atoms in total. The Balaban J connectivity index is 1.77. The maximum Gasteiger partial charge on any atom is 0.226 e. The van der Waals surface area contributed by atoms with Gasteiger partial charge in [-0.25, -0.2) is 4.98 Å². The smallest absolute Gasteiger partial charge is 0.226 e. The number of carbonyl (C=O) groups is 1. The summed E-state index contributed by atoms with van der Waals surface area (Å²) < 4.78 is 5.48. The summed E-state index contributed by atoms with van der Waals surface area (Å²) in [4.78, 5) is 20.6. The van der Waals surface area contributed by atoms with Gasteiger partial charge >= 0.3 is 0 Å². The van der Waals surface area contributed by atoms with Gasteiger partial charge in [0.2, 0.25) is 5.91 Å². The fourth-order valence-electron chi connectivity index (χ4n) is 1.71. The molecule has 2 rings (SSSR count). The highest BCUT2D eigenvalue weighted by molar-refractivity contribution is 6.42. The molecule has 1 heterocycles. The molecule has 0 aliphatic carbocycles. The quantitative estimate of drug-likeness (QED) is 0.886. The van der Waals surface area contributed by atoms with E-state index in [1.54, 1.807) is 42.5 Å². The molecule has 0 bridgehead atoms. The molecule has 0 unspecified atom stereocenters. The summed E-state index contributed by atoms with van der Waals surface area (Å²) in [7, 11) is 1.73. The first-order valence-electron chi connectivity index (χ1n) is 6.36. The van der Waals surface area contributed by atoms with Crippen molar-refractivity contribution >= 4 is 29.1 Å². The third kappa shape index (κ3) is 4.65. The van der Waals surface area contributed by atoms with Crippen LogP contribution in [0.2, 0.25) is 10.0 Å². The van der Waals surface area contributed by atoms with E-state index in [2.05, 4.69) is 9.97 Å². The molecule has 0 fully saturated rings. The molecular weight excluding hydrogens is 313 g/mol. The topological polar surface area (TPSA) is 58.2 Å². The number of carbonyl (C=O) groups excluding carboxylic acids is 1. The maximum absolute atomic E-state index is 11.9. The molecule has 2 aromatic rings. The molecule has 0 saturated carbocycles. The number of hydrogen-bond donors (Lipinski definition) is 1. The lowest BCUT2D eigenvalue weighted by Crippen LogP contribution is -2.27. The second-order valence-corrected chi connectivity index (χ2v) is 5.27. The van der Waals surface area contributed by atoms with E-state index in [4.69, 9.17) is 27.9 Å². The monoisotopic (exact) mass is 327 g/mol. The molecule has 0 spiro atoms. The Bertz CT molecular complexity index is 602. The summed E-state index contributed by atoms with van der Waals surface area (Å²) in [6.45, 7) is 0.720. The SMILES string of the molecule is CN(Cc1ncc[nH]1)C(=O)CCOc1ccc(Cl)c(Cl)c1. The summed E-state index contributed by atoms with van der Waals surface area (Å²) in [5, 5.41) is 0.897. The van der Waals surface area contributed by atoms with Gasteiger partial charge in [-0.15, -0.1) is 0 Å². The van der Waals surface area contributed by atoms with Gasteiger partial charge in [-0.1, -0.05) is 23.2 Å². The largest absolute Gasteiger partial charge is 0.493 e. The number of benzene rings is 1. The van der Waals surface area contributed by atoms with Crippen molar-refractivity contribution in [2.75, 3.05) is 13.7 Å². The van der Waals surface area contributed by atoms with Gasteiger partial charge in [0.25, 0.3) is 0 Å². The van der Waals surface area contributed by atoms with Gasteiger partial charge in [0.05, 0.1) is 29.6 Å². The number of halogens is 2. The first-order valence-corrected chi connectivity index (χ1v) is 7.12. The molecule has 0 saturated heterocycles. The molecule has 0 radical (unpaired) electrons. The first-order chi connectivity index (χ1) is 10.1. The van der Waals surface area contributed by atoms with E-state index in [1.807, 2.05) is 0 Å². The van der Waals surface area contributed by atoms with Crippen LogP contribution < -0.4 is 4.74 Å². The zero-order valence-electron chi connectivity index (χ0n) is 11.5. The van der Waals surface area contributed by atoms with Crippen LogP contribution in [0.4, 0.5) is 0 Å².